The van der Waals surface area contributed by atoms with E-state index >= 15 is 0 Å². The number of nitrogens with zero attached hydrogens (tertiary/aromatic N) is 4. The van der Waals surface area contributed by atoms with Crippen LogP contribution in [0.3, 0.4) is 0 Å². The van der Waals surface area contributed by atoms with Crippen molar-refractivity contribution < 1.29 is 9.53 Å². The molecular formula is C19H19N5O2S. The van der Waals surface area contributed by atoms with Gasteiger partial charge in [-0.05, 0) is 36.5 Å². The van der Waals surface area contributed by atoms with Crippen molar-refractivity contribution in [2.75, 3.05) is 18.5 Å². The SMILES string of the molecule is O=C(Nc1nccs1)C(=CC1CCOCC1)c1ccc(-n2cncn2)cc1. The quantitative estimate of drug-likeness (QED) is 0.687. The molecule has 1 aliphatic heterocycles. The molecule has 1 aliphatic rings. The number of aromatic nitrogens is 4. The van der Waals surface area contributed by atoms with Crippen molar-refractivity contribution in [3.8, 4) is 5.69 Å². The fourth-order valence-corrected chi connectivity index (χ4v) is 3.53. The Kier molecular flexibility index (Phi) is 5.36. The Labute approximate surface area is 160 Å². The fraction of sp³-hybridized carbons (Fsp3) is 0.263. The molecule has 3 aromatic rings. The molecular weight excluding hydrogens is 362 g/mol. The number of carbonyl (C=O) groups excluding carboxylic acids is 1. The lowest BCUT2D eigenvalue weighted by atomic mass is 9.94. The molecule has 8 heteroatoms. The summed E-state index contributed by atoms with van der Waals surface area (Å²) >= 11 is 1.40. The lowest BCUT2D eigenvalue weighted by molar-refractivity contribution is -0.111. The zero-order chi connectivity index (χ0) is 18.5. The van der Waals surface area contributed by atoms with Gasteiger partial charge in [-0.15, -0.1) is 11.3 Å². The molecule has 0 radical (unpaired) electrons. The van der Waals surface area contributed by atoms with Gasteiger partial charge in [0.2, 0.25) is 0 Å². The van der Waals surface area contributed by atoms with Gasteiger partial charge in [0.1, 0.15) is 12.7 Å². The van der Waals surface area contributed by atoms with Crippen LogP contribution in [0.2, 0.25) is 0 Å². The molecule has 4 rings (SSSR count). The van der Waals surface area contributed by atoms with E-state index in [9.17, 15) is 4.79 Å². The van der Waals surface area contributed by atoms with Gasteiger partial charge in [0, 0.05) is 30.4 Å². The van der Waals surface area contributed by atoms with E-state index in [1.807, 2.05) is 29.6 Å². The van der Waals surface area contributed by atoms with Gasteiger partial charge < -0.3 is 4.74 Å². The number of hydrogen-bond donors (Lipinski definition) is 1. The smallest absolute Gasteiger partial charge is 0.257 e. The van der Waals surface area contributed by atoms with E-state index < -0.39 is 0 Å². The molecule has 0 aliphatic carbocycles. The average Bonchev–Trinajstić information content (AvgIpc) is 3.41. The van der Waals surface area contributed by atoms with Crippen LogP contribution >= 0.6 is 11.3 Å². The minimum absolute atomic E-state index is 0.148. The highest BCUT2D eigenvalue weighted by atomic mass is 32.1. The van der Waals surface area contributed by atoms with Crippen LogP contribution in [0.5, 0.6) is 0 Å². The number of allylic oxidation sites excluding steroid dienone is 1. The number of ether oxygens (including phenoxy) is 1. The van der Waals surface area contributed by atoms with Crippen LogP contribution in [0.15, 0.2) is 54.6 Å². The summed E-state index contributed by atoms with van der Waals surface area (Å²) in [5, 5.41) is 9.46. The Morgan fingerprint density at radius 1 is 1.26 bits per heavy atom. The third-order valence-electron chi connectivity index (χ3n) is 4.43. The van der Waals surface area contributed by atoms with Gasteiger partial charge in [-0.25, -0.2) is 14.6 Å². The summed E-state index contributed by atoms with van der Waals surface area (Å²) in [5.74, 6) is 0.177. The Morgan fingerprint density at radius 3 is 2.74 bits per heavy atom. The maximum absolute atomic E-state index is 12.9. The zero-order valence-corrected chi connectivity index (χ0v) is 15.4. The minimum Gasteiger partial charge on any atom is -0.381 e. The second kappa shape index (κ2) is 8.24. The monoisotopic (exact) mass is 381 g/mol. The molecule has 1 amide bonds. The van der Waals surface area contributed by atoms with Crippen LogP contribution in [-0.4, -0.2) is 38.9 Å². The first-order valence-electron chi connectivity index (χ1n) is 8.75. The van der Waals surface area contributed by atoms with E-state index in [-0.39, 0.29) is 5.91 Å². The predicted octanol–water partition coefficient (Wildman–Crippen LogP) is 3.17. The first kappa shape index (κ1) is 17.6. The maximum atomic E-state index is 12.9. The largest absolute Gasteiger partial charge is 0.381 e. The van der Waals surface area contributed by atoms with E-state index in [0.29, 0.717) is 16.6 Å². The molecule has 3 heterocycles. The average molecular weight is 381 g/mol. The lowest BCUT2D eigenvalue weighted by Crippen LogP contribution is -2.18. The summed E-state index contributed by atoms with van der Waals surface area (Å²) in [6, 6.07) is 7.73. The first-order valence-corrected chi connectivity index (χ1v) is 9.63. The van der Waals surface area contributed by atoms with Gasteiger partial charge in [-0.1, -0.05) is 18.2 Å². The molecule has 1 N–H and O–H groups in total. The van der Waals surface area contributed by atoms with Gasteiger partial charge in [-0.3, -0.25) is 10.1 Å². The van der Waals surface area contributed by atoms with Crippen molar-refractivity contribution in [1.82, 2.24) is 19.7 Å². The van der Waals surface area contributed by atoms with Gasteiger partial charge >= 0.3 is 0 Å². The number of carbonyl (C=O) groups is 1. The van der Waals surface area contributed by atoms with Crippen molar-refractivity contribution in [3.05, 3.63) is 60.1 Å². The second-order valence-corrected chi connectivity index (χ2v) is 7.10. The van der Waals surface area contributed by atoms with Gasteiger partial charge in [0.25, 0.3) is 5.91 Å². The molecule has 0 spiro atoms. The number of anilines is 1. The molecule has 1 aromatic carbocycles. The number of rotatable bonds is 5. The van der Waals surface area contributed by atoms with E-state index in [2.05, 4.69) is 26.5 Å². The molecule has 0 saturated carbocycles. The fourth-order valence-electron chi connectivity index (χ4n) is 3.01. The Balaban J connectivity index is 1.62. The summed E-state index contributed by atoms with van der Waals surface area (Å²) in [6.45, 7) is 1.46. The van der Waals surface area contributed by atoms with Crippen LogP contribution in [-0.2, 0) is 9.53 Å². The van der Waals surface area contributed by atoms with Crippen LogP contribution in [0.1, 0.15) is 18.4 Å². The van der Waals surface area contributed by atoms with Crippen molar-refractivity contribution in [3.63, 3.8) is 0 Å². The van der Waals surface area contributed by atoms with Crippen molar-refractivity contribution in [2.24, 2.45) is 5.92 Å². The van der Waals surface area contributed by atoms with Crippen LogP contribution in [0, 0.1) is 5.92 Å². The minimum atomic E-state index is -0.148. The van der Waals surface area contributed by atoms with Gasteiger partial charge in [-0.2, -0.15) is 5.10 Å². The third kappa shape index (κ3) is 4.29. The highest BCUT2D eigenvalue weighted by Gasteiger charge is 2.18. The van der Waals surface area contributed by atoms with Crippen LogP contribution in [0.25, 0.3) is 11.3 Å². The Morgan fingerprint density at radius 2 is 2.07 bits per heavy atom. The van der Waals surface area contributed by atoms with Gasteiger partial charge in [0.05, 0.1) is 5.69 Å². The van der Waals surface area contributed by atoms with E-state index in [4.69, 9.17) is 4.74 Å². The predicted molar refractivity (Wildman–Crippen MR) is 104 cm³/mol. The molecule has 27 heavy (non-hydrogen) atoms. The van der Waals surface area contributed by atoms with E-state index in [0.717, 1.165) is 37.3 Å². The molecule has 138 valence electrons. The maximum Gasteiger partial charge on any atom is 0.257 e. The normalized spacial score (nSPS) is 15.6. The van der Waals surface area contributed by atoms with E-state index in [1.54, 1.807) is 17.2 Å². The van der Waals surface area contributed by atoms with Crippen molar-refractivity contribution in [1.29, 1.82) is 0 Å². The van der Waals surface area contributed by atoms with Crippen LogP contribution < -0.4 is 5.32 Å². The van der Waals surface area contributed by atoms with Crippen molar-refractivity contribution >= 4 is 27.9 Å². The number of nitrogens with one attached hydrogen (secondary N) is 1. The van der Waals surface area contributed by atoms with Gasteiger partial charge in [0.15, 0.2) is 5.13 Å². The molecule has 1 fully saturated rings. The molecule has 0 atom stereocenters. The molecule has 0 bridgehead atoms. The second-order valence-electron chi connectivity index (χ2n) is 6.21. The highest BCUT2D eigenvalue weighted by Crippen LogP contribution is 2.25. The summed E-state index contributed by atoms with van der Waals surface area (Å²) in [6.07, 6.45) is 8.72. The topological polar surface area (TPSA) is 81.9 Å². The summed E-state index contributed by atoms with van der Waals surface area (Å²) < 4.78 is 7.12. The highest BCUT2D eigenvalue weighted by molar-refractivity contribution is 7.13. The first-order chi connectivity index (χ1) is 13.3. The standard InChI is InChI=1S/C19H19N5O2S/c25-18(23-19-21-7-10-27-19)17(11-14-5-8-26-9-6-14)15-1-3-16(4-2-15)24-13-20-12-22-24/h1-4,7,10-14H,5-6,8-9H2,(H,21,23,25). The number of thiazole rings is 1. The van der Waals surface area contributed by atoms with Crippen molar-refractivity contribution in [2.45, 2.75) is 12.8 Å². The molecule has 1 saturated heterocycles. The third-order valence-corrected chi connectivity index (χ3v) is 5.12. The number of amides is 1. The number of benzene rings is 1. The molecule has 0 unspecified atom stereocenters. The Bertz CT molecular complexity index is 898. The van der Waals surface area contributed by atoms with E-state index in [1.165, 1.54) is 17.7 Å². The molecule has 7 nitrogen and oxygen atoms in total. The zero-order valence-electron chi connectivity index (χ0n) is 14.6. The molecule has 2 aromatic heterocycles. The van der Waals surface area contributed by atoms with Crippen LogP contribution in [0.4, 0.5) is 5.13 Å². The lowest BCUT2D eigenvalue weighted by Gasteiger charge is -2.20. The Hall–Kier alpha value is -2.84. The summed E-state index contributed by atoms with van der Waals surface area (Å²) in [7, 11) is 0. The number of hydrogen-bond acceptors (Lipinski definition) is 6. The summed E-state index contributed by atoms with van der Waals surface area (Å²) in [4.78, 5) is 21.0. The summed E-state index contributed by atoms with van der Waals surface area (Å²) in [5.41, 5.74) is 2.41.